The number of nitrogens with zero attached hydrogens (tertiary/aromatic N) is 3. The Morgan fingerprint density at radius 3 is 3.11 bits per heavy atom. The Balaban J connectivity index is 1.78. The van der Waals surface area contributed by atoms with Crippen LogP contribution in [-0.4, -0.2) is 45.5 Å². The number of aromatic nitrogens is 3. The molecule has 1 aliphatic rings. The van der Waals surface area contributed by atoms with Crippen molar-refractivity contribution in [3.63, 3.8) is 0 Å². The van der Waals surface area contributed by atoms with E-state index in [4.69, 9.17) is 0 Å². The number of rotatable bonds is 2. The zero-order chi connectivity index (χ0) is 12.5. The van der Waals surface area contributed by atoms with Crippen LogP contribution in [0.25, 0.3) is 11.0 Å². The average Bonchev–Trinajstić information content (AvgIpc) is 2.83. The second kappa shape index (κ2) is 4.57. The highest BCUT2D eigenvalue weighted by atomic mass is 15.2. The van der Waals surface area contributed by atoms with Crippen molar-refractivity contribution in [1.82, 2.24) is 19.9 Å². The van der Waals surface area contributed by atoms with Crippen LogP contribution in [0.4, 0.5) is 5.82 Å². The van der Waals surface area contributed by atoms with Crippen LogP contribution in [0, 0.1) is 0 Å². The van der Waals surface area contributed by atoms with Crippen molar-refractivity contribution in [1.29, 1.82) is 0 Å². The number of likely N-dealkylation sites (tertiary alicyclic amines) is 1. The molecule has 0 bridgehead atoms. The van der Waals surface area contributed by atoms with E-state index in [9.17, 15) is 0 Å². The highest BCUT2D eigenvalue weighted by molar-refractivity contribution is 5.86. The minimum Gasteiger partial charge on any atom is -0.365 e. The van der Waals surface area contributed by atoms with E-state index in [1.807, 2.05) is 12.3 Å². The summed E-state index contributed by atoms with van der Waals surface area (Å²) in [6.45, 7) is 3.35. The van der Waals surface area contributed by atoms with Gasteiger partial charge >= 0.3 is 0 Å². The Morgan fingerprint density at radius 2 is 2.28 bits per heavy atom. The standard InChI is InChI=1S/C13H19N5/c1-9-3-4-10(7-18(9)2)17-13-11-5-6-14-12(11)15-8-16-13/h5-6,8-10H,3-4,7H2,1-2H3,(H2,14,15,16,17)/t9-,10?/m0/s1. The number of likely N-dealkylation sites (N-methyl/N-ethyl adjacent to an activating group) is 1. The number of H-pyrrole nitrogens is 1. The van der Waals surface area contributed by atoms with Gasteiger partial charge in [-0.2, -0.15) is 0 Å². The number of nitrogens with one attached hydrogen (secondary N) is 2. The predicted molar refractivity (Wildman–Crippen MR) is 72.6 cm³/mol. The first kappa shape index (κ1) is 11.5. The molecule has 3 rings (SSSR count). The molecular weight excluding hydrogens is 226 g/mol. The van der Waals surface area contributed by atoms with E-state index in [1.165, 1.54) is 12.8 Å². The summed E-state index contributed by atoms with van der Waals surface area (Å²) in [5.74, 6) is 0.939. The maximum absolute atomic E-state index is 4.36. The van der Waals surface area contributed by atoms with Gasteiger partial charge in [0.2, 0.25) is 0 Å². The lowest BCUT2D eigenvalue weighted by atomic mass is 10.00. The molecule has 0 radical (unpaired) electrons. The van der Waals surface area contributed by atoms with Crippen LogP contribution in [0.3, 0.4) is 0 Å². The second-order valence-electron chi connectivity index (χ2n) is 5.17. The van der Waals surface area contributed by atoms with Gasteiger partial charge in [0.05, 0.1) is 5.39 Å². The van der Waals surface area contributed by atoms with Crippen molar-refractivity contribution in [3.8, 4) is 0 Å². The number of aromatic amines is 1. The predicted octanol–water partition coefficient (Wildman–Crippen LogP) is 1.85. The molecule has 0 aromatic carbocycles. The van der Waals surface area contributed by atoms with Crippen molar-refractivity contribution < 1.29 is 0 Å². The van der Waals surface area contributed by atoms with Crippen molar-refractivity contribution in [3.05, 3.63) is 18.6 Å². The van der Waals surface area contributed by atoms with E-state index in [-0.39, 0.29) is 0 Å². The molecule has 2 N–H and O–H groups in total. The van der Waals surface area contributed by atoms with Crippen LogP contribution < -0.4 is 5.32 Å². The van der Waals surface area contributed by atoms with Gasteiger partial charge in [0.25, 0.3) is 0 Å². The molecule has 2 aromatic rings. The third-order valence-electron chi connectivity index (χ3n) is 3.89. The van der Waals surface area contributed by atoms with Crippen LogP contribution in [0.1, 0.15) is 19.8 Å². The molecule has 2 aromatic heterocycles. The van der Waals surface area contributed by atoms with E-state index in [2.05, 4.69) is 39.1 Å². The Hall–Kier alpha value is -1.62. The lowest BCUT2D eigenvalue weighted by molar-refractivity contribution is 0.188. The summed E-state index contributed by atoms with van der Waals surface area (Å²) in [5.41, 5.74) is 0.894. The van der Waals surface area contributed by atoms with Gasteiger partial charge in [-0.25, -0.2) is 9.97 Å². The lowest BCUT2D eigenvalue weighted by Gasteiger charge is -2.35. The summed E-state index contributed by atoms with van der Waals surface area (Å²) in [6.07, 6.45) is 5.94. The van der Waals surface area contributed by atoms with Gasteiger partial charge in [0, 0.05) is 24.8 Å². The Morgan fingerprint density at radius 1 is 1.39 bits per heavy atom. The number of hydrogen-bond acceptors (Lipinski definition) is 4. The Kier molecular flexibility index (Phi) is 2.91. The third kappa shape index (κ3) is 2.06. The largest absolute Gasteiger partial charge is 0.365 e. The van der Waals surface area contributed by atoms with E-state index in [0.29, 0.717) is 12.1 Å². The minimum atomic E-state index is 0.471. The van der Waals surface area contributed by atoms with Gasteiger partial charge in [-0.15, -0.1) is 0 Å². The fourth-order valence-electron chi connectivity index (χ4n) is 2.58. The fourth-order valence-corrected chi connectivity index (χ4v) is 2.58. The SMILES string of the molecule is C[C@H]1CCC(Nc2ncnc3[nH]ccc23)CN1C. The molecule has 18 heavy (non-hydrogen) atoms. The number of fused-ring (bicyclic) bond motifs is 1. The summed E-state index contributed by atoms with van der Waals surface area (Å²) in [6, 6.07) is 3.17. The lowest BCUT2D eigenvalue weighted by Crippen LogP contribution is -2.44. The first-order valence-corrected chi connectivity index (χ1v) is 6.49. The van der Waals surface area contributed by atoms with E-state index >= 15 is 0 Å². The second-order valence-corrected chi connectivity index (χ2v) is 5.17. The average molecular weight is 245 g/mol. The maximum Gasteiger partial charge on any atom is 0.142 e. The maximum atomic E-state index is 4.36. The van der Waals surface area contributed by atoms with E-state index in [0.717, 1.165) is 23.4 Å². The first-order chi connectivity index (χ1) is 8.74. The highest BCUT2D eigenvalue weighted by Gasteiger charge is 2.23. The summed E-state index contributed by atoms with van der Waals surface area (Å²) in [5, 5.41) is 4.62. The van der Waals surface area contributed by atoms with Gasteiger partial charge in [0.1, 0.15) is 17.8 Å². The van der Waals surface area contributed by atoms with Crippen molar-refractivity contribution in [2.24, 2.45) is 0 Å². The van der Waals surface area contributed by atoms with Crippen LogP contribution in [0.15, 0.2) is 18.6 Å². The Bertz CT molecular complexity index is 535. The normalized spacial score (nSPS) is 25.4. The minimum absolute atomic E-state index is 0.471. The molecule has 5 nitrogen and oxygen atoms in total. The molecule has 2 atom stereocenters. The zero-order valence-electron chi connectivity index (χ0n) is 10.8. The number of piperidine rings is 1. The van der Waals surface area contributed by atoms with E-state index in [1.54, 1.807) is 6.33 Å². The van der Waals surface area contributed by atoms with Gasteiger partial charge in [-0.3, -0.25) is 0 Å². The molecule has 1 saturated heterocycles. The van der Waals surface area contributed by atoms with Crippen molar-refractivity contribution in [2.45, 2.75) is 31.8 Å². The summed E-state index contributed by atoms with van der Waals surface area (Å²) >= 11 is 0. The van der Waals surface area contributed by atoms with Gasteiger partial charge in [-0.1, -0.05) is 0 Å². The van der Waals surface area contributed by atoms with Crippen molar-refractivity contribution >= 4 is 16.9 Å². The molecule has 1 aliphatic heterocycles. The first-order valence-electron chi connectivity index (χ1n) is 6.49. The molecule has 0 spiro atoms. The molecule has 0 aliphatic carbocycles. The third-order valence-corrected chi connectivity index (χ3v) is 3.89. The van der Waals surface area contributed by atoms with Crippen LogP contribution in [-0.2, 0) is 0 Å². The van der Waals surface area contributed by atoms with E-state index < -0.39 is 0 Å². The molecule has 96 valence electrons. The molecule has 1 unspecified atom stereocenters. The smallest absolute Gasteiger partial charge is 0.142 e. The number of anilines is 1. The summed E-state index contributed by atoms with van der Waals surface area (Å²) in [7, 11) is 2.18. The molecule has 0 amide bonds. The topological polar surface area (TPSA) is 56.8 Å². The number of hydrogen-bond donors (Lipinski definition) is 2. The molecule has 1 fully saturated rings. The highest BCUT2D eigenvalue weighted by Crippen LogP contribution is 2.22. The summed E-state index contributed by atoms with van der Waals surface area (Å²) in [4.78, 5) is 14.1. The summed E-state index contributed by atoms with van der Waals surface area (Å²) < 4.78 is 0. The molecule has 0 saturated carbocycles. The fraction of sp³-hybridized carbons (Fsp3) is 0.538. The molecular formula is C13H19N5. The monoisotopic (exact) mass is 245 g/mol. The van der Waals surface area contributed by atoms with Crippen LogP contribution >= 0.6 is 0 Å². The Labute approximate surface area is 107 Å². The van der Waals surface area contributed by atoms with Crippen LogP contribution in [0.2, 0.25) is 0 Å². The molecule has 3 heterocycles. The van der Waals surface area contributed by atoms with Gasteiger partial charge in [0.15, 0.2) is 0 Å². The molecule has 5 heteroatoms. The van der Waals surface area contributed by atoms with Gasteiger partial charge in [-0.05, 0) is 32.9 Å². The van der Waals surface area contributed by atoms with Crippen LogP contribution in [0.5, 0.6) is 0 Å². The van der Waals surface area contributed by atoms with Gasteiger partial charge < -0.3 is 15.2 Å². The van der Waals surface area contributed by atoms with Crippen molar-refractivity contribution in [2.75, 3.05) is 18.9 Å². The quantitative estimate of drug-likeness (QED) is 0.848. The zero-order valence-corrected chi connectivity index (χ0v) is 10.8.